The summed E-state index contributed by atoms with van der Waals surface area (Å²) in [4.78, 5) is 33.7. The first kappa shape index (κ1) is 16.6. The Kier molecular flexibility index (Phi) is 4.56. The van der Waals surface area contributed by atoms with Gasteiger partial charge in [0.25, 0.3) is 5.91 Å². The average Bonchev–Trinajstić information content (AvgIpc) is 2.73. The lowest BCUT2D eigenvalue weighted by Gasteiger charge is -2.33. The van der Waals surface area contributed by atoms with E-state index in [1.54, 1.807) is 16.0 Å². The van der Waals surface area contributed by atoms with E-state index >= 15 is 0 Å². The summed E-state index contributed by atoms with van der Waals surface area (Å²) < 4.78 is 0. The number of benzene rings is 1. The molecule has 0 unspecified atom stereocenters. The van der Waals surface area contributed by atoms with E-state index in [0.29, 0.717) is 31.7 Å². The minimum absolute atomic E-state index is 0.0183. The molecular formula is C20H22N4O2. The number of hydrogen-bond donors (Lipinski definition) is 0. The highest BCUT2D eigenvalue weighted by atomic mass is 16.2. The van der Waals surface area contributed by atoms with Gasteiger partial charge in [0.2, 0.25) is 6.41 Å². The van der Waals surface area contributed by atoms with Gasteiger partial charge in [0.1, 0.15) is 0 Å². The van der Waals surface area contributed by atoms with Gasteiger partial charge in [-0.25, -0.2) is 0 Å². The van der Waals surface area contributed by atoms with Gasteiger partial charge in [-0.05, 0) is 30.5 Å². The van der Waals surface area contributed by atoms with E-state index < -0.39 is 0 Å². The molecule has 0 aliphatic carbocycles. The van der Waals surface area contributed by atoms with Crippen molar-refractivity contribution >= 4 is 23.7 Å². The lowest BCUT2D eigenvalue weighted by molar-refractivity contribution is -0.119. The van der Waals surface area contributed by atoms with E-state index in [9.17, 15) is 9.59 Å². The van der Waals surface area contributed by atoms with Crippen LogP contribution < -0.4 is 4.90 Å². The van der Waals surface area contributed by atoms with Gasteiger partial charge in [0.15, 0.2) is 0 Å². The molecule has 1 aromatic carbocycles. The minimum atomic E-state index is -0.0183. The second-order valence-corrected chi connectivity index (χ2v) is 6.75. The van der Waals surface area contributed by atoms with Crippen molar-refractivity contribution in [3.05, 3.63) is 53.9 Å². The number of hydrogen-bond acceptors (Lipinski definition) is 4. The quantitative estimate of drug-likeness (QED) is 0.796. The minimum Gasteiger partial charge on any atom is -0.342 e. The maximum absolute atomic E-state index is 12.8. The molecule has 0 atom stereocenters. The molecule has 134 valence electrons. The summed E-state index contributed by atoms with van der Waals surface area (Å²) in [6.07, 6.45) is 6.47. The van der Waals surface area contributed by atoms with Gasteiger partial charge in [-0.15, -0.1) is 0 Å². The highest BCUT2D eigenvalue weighted by Gasteiger charge is 2.23. The zero-order chi connectivity index (χ0) is 17.9. The molecule has 26 heavy (non-hydrogen) atoms. The molecule has 0 radical (unpaired) electrons. The van der Waals surface area contributed by atoms with Crippen LogP contribution in [0.4, 0.5) is 11.4 Å². The SMILES string of the molecule is O=CN1CCN(C(=O)c2cncc(N3CCCc4ccccc43)c2)CC1. The van der Waals surface area contributed by atoms with Crippen LogP contribution in [-0.2, 0) is 11.2 Å². The Morgan fingerprint density at radius 2 is 1.85 bits per heavy atom. The monoisotopic (exact) mass is 350 g/mol. The van der Waals surface area contributed by atoms with Gasteiger partial charge >= 0.3 is 0 Å². The van der Waals surface area contributed by atoms with Crippen LogP contribution in [0.25, 0.3) is 0 Å². The summed E-state index contributed by atoms with van der Waals surface area (Å²) in [7, 11) is 0. The molecule has 6 heteroatoms. The molecule has 1 aromatic heterocycles. The number of piperazine rings is 1. The fraction of sp³-hybridized carbons (Fsp3) is 0.350. The van der Waals surface area contributed by atoms with Crippen molar-refractivity contribution in [3.8, 4) is 0 Å². The van der Waals surface area contributed by atoms with Crippen LogP contribution in [0.3, 0.4) is 0 Å². The van der Waals surface area contributed by atoms with E-state index in [1.807, 2.05) is 18.3 Å². The van der Waals surface area contributed by atoms with Crippen molar-refractivity contribution in [2.24, 2.45) is 0 Å². The summed E-state index contributed by atoms with van der Waals surface area (Å²) >= 11 is 0. The molecule has 1 fully saturated rings. The number of rotatable bonds is 3. The molecule has 0 spiro atoms. The van der Waals surface area contributed by atoms with Crippen molar-refractivity contribution in [1.82, 2.24) is 14.8 Å². The summed E-state index contributed by atoms with van der Waals surface area (Å²) in [6, 6.07) is 10.3. The molecule has 2 aliphatic heterocycles. The third-order valence-corrected chi connectivity index (χ3v) is 5.14. The lowest BCUT2D eigenvalue weighted by atomic mass is 10.0. The Balaban J connectivity index is 1.56. The highest BCUT2D eigenvalue weighted by molar-refractivity contribution is 5.95. The first-order valence-electron chi connectivity index (χ1n) is 9.05. The number of anilines is 2. The predicted molar refractivity (Wildman–Crippen MR) is 99.5 cm³/mol. The maximum Gasteiger partial charge on any atom is 0.255 e. The molecule has 2 amide bonds. The van der Waals surface area contributed by atoms with Gasteiger partial charge in [-0.2, -0.15) is 0 Å². The van der Waals surface area contributed by atoms with E-state index in [4.69, 9.17) is 0 Å². The first-order valence-corrected chi connectivity index (χ1v) is 9.05. The normalized spacial score (nSPS) is 17.0. The average molecular weight is 350 g/mol. The number of nitrogens with zero attached hydrogens (tertiary/aromatic N) is 4. The number of aromatic nitrogens is 1. The molecule has 2 aromatic rings. The number of carbonyl (C=O) groups is 2. The first-order chi connectivity index (χ1) is 12.8. The number of amides is 2. The lowest BCUT2D eigenvalue weighted by Crippen LogP contribution is -2.48. The number of pyridine rings is 1. The van der Waals surface area contributed by atoms with Crippen LogP contribution in [-0.4, -0.2) is 59.8 Å². The Morgan fingerprint density at radius 1 is 1.04 bits per heavy atom. The van der Waals surface area contributed by atoms with Crippen molar-refractivity contribution in [2.45, 2.75) is 12.8 Å². The predicted octanol–water partition coefficient (Wildman–Crippen LogP) is 2.08. The molecule has 1 saturated heterocycles. The molecular weight excluding hydrogens is 328 g/mol. The second-order valence-electron chi connectivity index (χ2n) is 6.75. The van der Waals surface area contributed by atoms with Crippen LogP contribution in [0.15, 0.2) is 42.7 Å². The Labute approximate surface area is 153 Å². The van der Waals surface area contributed by atoms with E-state index in [-0.39, 0.29) is 5.91 Å². The maximum atomic E-state index is 12.8. The molecule has 0 N–H and O–H groups in total. The van der Waals surface area contributed by atoms with Crippen molar-refractivity contribution in [2.75, 3.05) is 37.6 Å². The molecule has 4 rings (SSSR count). The number of aryl methyl sites for hydroxylation is 1. The van der Waals surface area contributed by atoms with Gasteiger partial charge in [-0.1, -0.05) is 18.2 Å². The topological polar surface area (TPSA) is 56.8 Å². The van der Waals surface area contributed by atoms with Crippen LogP contribution in [0.5, 0.6) is 0 Å². The van der Waals surface area contributed by atoms with Gasteiger partial charge in [-0.3, -0.25) is 14.6 Å². The van der Waals surface area contributed by atoms with Crippen LogP contribution in [0.1, 0.15) is 22.3 Å². The summed E-state index contributed by atoms with van der Waals surface area (Å²) in [5.74, 6) is -0.0183. The molecule has 2 aliphatic rings. The zero-order valence-corrected chi connectivity index (χ0v) is 14.7. The van der Waals surface area contributed by atoms with Crippen LogP contribution >= 0.6 is 0 Å². The van der Waals surface area contributed by atoms with Crippen molar-refractivity contribution in [1.29, 1.82) is 0 Å². The van der Waals surface area contributed by atoms with Gasteiger partial charge < -0.3 is 14.7 Å². The molecule has 0 saturated carbocycles. The summed E-state index contributed by atoms with van der Waals surface area (Å²) in [6.45, 7) is 3.22. The van der Waals surface area contributed by atoms with Crippen molar-refractivity contribution < 1.29 is 9.59 Å². The van der Waals surface area contributed by atoms with Crippen LogP contribution in [0, 0.1) is 0 Å². The Morgan fingerprint density at radius 3 is 2.65 bits per heavy atom. The molecule has 3 heterocycles. The van der Waals surface area contributed by atoms with E-state index in [2.05, 4.69) is 28.1 Å². The summed E-state index contributed by atoms with van der Waals surface area (Å²) in [5.41, 5.74) is 4.09. The molecule has 6 nitrogen and oxygen atoms in total. The van der Waals surface area contributed by atoms with Crippen LogP contribution in [0.2, 0.25) is 0 Å². The van der Waals surface area contributed by atoms with Gasteiger partial charge in [0.05, 0.1) is 17.4 Å². The second kappa shape index (κ2) is 7.15. The Hall–Kier alpha value is -2.89. The van der Waals surface area contributed by atoms with Crippen molar-refractivity contribution in [3.63, 3.8) is 0 Å². The summed E-state index contributed by atoms with van der Waals surface area (Å²) in [5, 5.41) is 0. The molecule has 0 bridgehead atoms. The fourth-order valence-corrected chi connectivity index (χ4v) is 3.71. The third-order valence-electron chi connectivity index (χ3n) is 5.14. The third kappa shape index (κ3) is 3.14. The smallest absolute Gasteiger partial charge is 0.255 e. The van der Waals surface area contributed by atoms with E-state index in [0.717, 1.165) is 31.5 Å². The van der Waals surface area contributed by atoms with Gasteiger partial charge in [0, 0.05) is 44.6 Å². The Bertz CT molecular complexity index is 815. The van der Waals surface area contributed by atoms with E-state index in [1.165, 1.54) is 11.3 Å². The standard InChI is InChI=1S/C20H22N4O2/c25-15-22-8-10-23(11-9-22)20(26)17-12-18(14-21-13-17)24-7-3-5-16-4-1-2-6-19(16)24/h1-2,4,6,12-15H,3,5,7-11H2. The number of carbonyl (C=O) groups excluding carboxylic acids is 2. The highest BCUT2D eigenvalue weighted by Crippen LogP contribution is 2.33. The fourth-order valence-electron chi connectivity index (χ4n) is 3.71. The zero-order valence-electron chi connectivity index (χ0n) is 14.7. The number of fused-ring (bicyclic) bond motifs is 1. The number of para-hydroxylation sites is 1. The largest absolute Gasteiger partial charge is 0.342 e.